The zero-order chi connectivity index (χ0) is 18.4. The van der Waals surface area contributed by atoms with Crippen molar-refractivity contribution in [2.75, 3.05) is 0 Å². The highest BCUT2D eigenvalue weighted by atomic mass is 16.6. The molecule has 2 rings (SSSR count). The molecule has 0 bridgehead atoms. The fourth-order valence-electron chi connectivity index (χ4n) is 3.43. The van der Waals surface area contributed by atoms with Crippen molar-refractivity contribution in [2.45, 2.75) is 67.2 Å². The van der Waals surface area contributed by atoms with E-state index in [9.17, 15) is 0 Å². The fourth-order valence-corrected chi connectivity index (χ4v) is 3.43. The van der Waals surface area contributed by atoms with Crippen LogP contribution in [-0.4, -0.2) is 7.69 Å². The van der Waals surface area contributed by atoms with E-state index in [2.05, 4.69) is 65.8 Å². The van der Waals surface area contributed by atoms with E-state index in [-0.39, 0.29) is 7.69 Å². The average Bonchev–Trinajstić information content (AvgIpc) is 2.62. The normalized spacial score (nSPS) is 10.6. The number of benzene rings is 2. The van der Waals surface area contributed by atoms with Gasteiger partial charge in [-0.25, -0.2) is 0 Å². The van der Waals surface area contributed by atoms with Gasteiger partial charge < -0.3 is 9.31 Å². The van der Waals surface area contributed by atoms with Gasteiger partial charge in [0.2, 0.25) is 0 Å². The van der Waals surface area contributed by atoms with Crippen molar-refractivity contribution in [3.05, 3.63) is 57.6 Å². The smallest absolute Gasteiger partial charge is 0.528 e. The van der Waals surface area contributed by atoms with E-state index in [1.54, 1.807) is 0 Å². The second-order valence-corrected chi connectivity index (χ2v) is 6.65. The van der Waals surface area contributed by atoms with Gasteiger partial charge in [-0.2, -0.15) is 0 Å². The number of aryl methyl sites for hydroxylation is 6. The van der Waals surface area contributed by atoms with Crippen LogP contribution in [-0.2, 0) is 25.7 Å². The molecule has 2 nitrogen and oxygen atoms in total. The van der Waals surface area contributed by atoms with Gasteiger partial charge in [0.25, 0.3) is 0 Å². The summed E-state index contributed by atoms with van der Waals surface area (Å²) in [6, 6.07) is 8.87. The monoisotopic (exact) mass is 338 g/mol. The molecule has 0 aliphatic rings. The summed E-state index contributed by atoms with van der Waals surface area (Å²) in [5, 5.41) is 0. The first-order chi connectivity index (χ1) is 12.0. The lowest BCUT2D eigenvalue weighted by Crippen LogP contribution is -2.15. The van der Waals surface area contributed by atoms with Crippen molar-refractivity contribution in [3.8, 4) is 11.5 Å². The molecule has 0 N–H and O–H groups in total. The lowest BCUT2D eigenvalue weighted by atomic mass is 10.00. The third kappa shape index (κ3) is 4.59. The molecule has 0 heterocycles. The molecule has 0 unspecified atom stereocenters. The lowest BCUT2D eigenvalue weighted by molar-refractivity contribution is 0.447. The molecule has 0 aliphatic carbocycles. The van der Waals surface area contributed by atoms with Crippen LogP contribution >= 0.6 is 0 Å². The summed E-state index contributed by atoms with van der Waals surface area (Å²) in [6.45, 7) is 13.0. The Morgan fingerprint density at radius 3 is 1.12 bits per heavy atom. The van der Waals surface area contributed by atoms with E-state index < -0.39 is 0 Å². The molecule has 2 aromatic carbocycles. The molecule has 0 atom stereocenters. The molecule has 0 fully saturated rings. The Hall–Kier alpha value is -1.90. The second-order valence-electron chi connectivity index (χ2n) is 6.65. The molecule has 134 valence electrons. The highest BCUT2D eigenvalue weighted by molar-refractivity contribution is 6.21. The minimum Gasteiger partial charge on any atom is -0.528 e. The topological polar surface area (TPSA) is 18.5 Å². The maximum absolute atomic E-state index is 6.12. The Kier molecular flexibility index (Phi) is 6.98. The van der Waals surface area contributed by atoms with E-state index in [0.717, 1.165) is 37.2 Å². The Morgan fingerprint density at radius 2 is 0.880 bits per heavy atom. The van der Waals surface area contributed by atoms with Crippen LogP contribution in [0.2, 0.25) is 0 Å². The molecule has 0 aliphatic heterocycles. The molecule has 3 heteroatoms. The van der Waals surface area contributed by atoms with E-state index >= 15 is 0 Å². The molecule has 0 saturated carbocycles. The summed E-state index contributed by atoms with van der Waals surface area (Å²) in [7, 11) is 0.256. The molecular formula is C22H31BO2. The Morgan fingerprint density at radius 1 is 0.600 bits per heavy atom. The first-order valence-electron chi connectivity index (χ1n) is 9.54. The van der Waals surface area contributed by atoms with Gasteiger partial charge in [0.1, 0.15) is 11.5 Å². The SMILES string of the molecule is CCc1cc(C)cc(CC)c1OBOc1c(CC)cc(C)cc1CC. The fraction of sp³-hybridized carbons (Fsp3) is 0.455. The van der Waals surface area contributed by atoms with E-state index in [1.165, 1.54) is 33.4 Å². The van der Waals surface area contributed by atoms with Gasteiger partial charge in [0, 0.05) is 0 Å². The summed E-state index contributed by atoms with van der Waals surface area (Å²) < 4.78 is 12.2. The van der Waals surface area contributed by atoms with Crippen LogP contribution in [0.5, 0.6) is 11.5 Å². The first-order valence-corrected chi connectivity index (χ1v) is 9.54. The zero-order valence-electron chi connectivity index (χ0n) is 16.7. The predicted molar refractivity (Wildman–Crippen MR) is 108 cm³/mol. The van der Waals surface area contributed by atoms with E-state index in [1.807, 2.05) is 0 Å². The van der Waals surface area contributed by atoms with Gasteiger partial charge in [-0.1, -0.05) is 63.1 Å². The van der Waals surface area contributed by atoms with Crippen LogP contribution in [0.3, 0.4) is 0 Å². The van der Waals surface area contributed by atoms with E-state index in [0.29, 0.717) is 0 Å². The maximum Gasteiger partial charge on any atom is 0.576 e. The van der Waals surface area contributed by atoms with Crippen molar-refractivity contribution in [1.29, 1.82) is 0 Å². The summed E-state index contributed by atoms with van der Waals surface area (Å²) in [6.07, 6.45) is 3.87. The maximum atomic E-state index is 6.12. The van der Waals surface area contributed by atoms with Gasteiger partial charge >= 0.3 is 7.69 Å². The third-order valence-corrected chi connectivity index (χ3v) is 4.70. The summed E-state index contributed by atoms with van der Waals surface area (Å²) in [5.41, 5.74) is 7.63. The number of hydrogen-bond donors (Lipinski definition) is 0. The largest absolute Gasteiger partial charge is 0.576 e. The average molecular weight is 338 g/mol. The van der Waals surface area contributed by atoms with Crippen LogP contribution in [0.25, 0.3) is 0 Å². The predicted octanol–water partition coefficient (Wildman–Crippen LogP) is 5.28. The van der Waals surface area contributed by atoms with Crippen LogP contribution in [0, 0.1) is 13.8 Å². The molecule has 0 aromatic heterocycles. The van der Waals surface area contributed by atoms with Crippen LogP contribution in [0.4, 0.5) is 0 Å². The first kappa shape index (κ1) is 19.4. The molecule has 0 radical (unpaired) electrons. The van der Waals surface area contributed by atoms with Crippen molar-refractivity contribution < 1.29 is 9.31 Å². The van der Waals surface area contributed by atoms with Crippen molar-refractivity contribution in [3.63, 3.8) is 0 Å². The molecule has 0 spiro atoms. The number of hydrogen-bond acceptors (Lipinski definition) is 2. The quantitative estimate of drug-likeness (QED) is 0.610. The van der Waals surface area contributed by atoms with Crippen LogP contribution in [0.1, 0.15) is 61.1 Å². The molecule has 2 aromatic rings. The van der Waals surface area contributed by atoms with Gasteiger partial charge in [-0.05, 0) is 61.8 Å². The van der Waals surface area contributed by atoms with Crippen molar-refractivity contribution >= 4 is 7.69 Å². The Labute approximate surface area is 153 Å². The minimum absolute atomic E-state index is 0.256. The van der Waals surface area contributed by atoms with Crippen LogP contribution in [0.15, 0.2) is 24.3 Å². The standard InChI is InChI=1S/C22H31BO2/c1-7-17-11-15(5)12-18(8-2)21(17)24-23-25-22-19(9-3)13-16(6)14-20(22)10-4/h11-14,23H,7-10H2,1-6H3. The van der Waals surface area contributed by atoms with Crippen molar-refractivity contribution in [2.24, 2.45) is 0 Å². The Bertz CT molecular complexity index is 610. The van der Waals surface area contributed by atoms with E-state index in [4.69, 9.17) is 9.31 Å². The lowest BCUT2D eigenvalue weighted by Gasteiger charge is -2.19. The molecule has 0 saturated heterocycles. The van der Waals surface area contributed by atoms with Gasteiger partial charge in [-0.15, -0.1) is 0 Å². The summed E-state index contributed by atoms with van der Waals surface area (Å²) >= 11 is 0. The number of rotatable bonds is 8. The van der Waals surface area contributed by atoms with Crippen molar-refractivity contribution in [1.82, 2.24) is 0 Å². The van der Waals surface area contributed by atoms with Gasteiger partial charge in [-0.3, -0.25) is 0 Å². The minimum atomic E-state index is 0.256. The molecular weight excluding hydrogens is 307 g/mol. The third-order valence-electron chi connectivity index (χ3n) is 4.70. The highest BCUT2D eigenvalue weighted by Gasteiger charge is 2.13. The second kappa shape index (κ2) is 8.98. The summed E-state index contributed by atoms with van der Waals surface area (Å²) in [5.74, 6) is 2.00. The molecule has 0 amide bonds. The summed E-state index contributed by atoms with van der Waals surface area (Å²) in [4.78, 5) is 0. The van der Waals surface area contributed by atoms with Gasteiger partial charge in [0.05, 0.1) is 0 Å². The Balaban J connectivity index is 2.22. The highest BCUT2D eigenvalue weighted by Crippen LogP contribution is 2.29. The molecule has 25 heavy (non-hydrogen) atoms. The zero-order valence-corrected chi connectivity index (χ0v) is 16.7. The van der Waals surface area contributed by atoms with Gasteiger partial charge in [0.15, 0.2) is 0 Å². The van der Waals surface area contributed by atoms with Crippen LogP contribution < -0.4 is 9.31 Å².